The average Bonchev–Trinajstić information content (AvgIpc) is 2.27. The number of alkyl halides is 3. The highest BCUT2D eigenvalue weighted by molar-refractivity contribution is 6.76. The Morgan fingerprint density at radius 1 is 1.16 bits per heavy atom. The van der Waals surface area contributed by atoms with Crippen molar-refractivity contribution in [3.05, 3.63) is 29.8 Å². The highest BCUT2D eigenvalue weighted by Gasteiger charge is 2.31. The van der Waals surface area contributed by atoms with E-state index in [9.17, 15) is 9.59 Å². The lowest BCUT2D eigenvalue weighted by atomic mass is 10.1. The molecule has 19 heavy (non-hydrogen) atoms. The predicted octanol–water partition coefficient (Wildman–Crippen LogP) is 3.13. The second kappa shape index (κ2) is 6.46. The molecule has 0 aliphatic carbocycles. The first-order chi connectivity index (χ1) is 8.71. The van der Waals surface area contributed by atoms with Gasteiger partial charge in [-0.1, -0.05) is 46.9 Å². The van der Waals surface area contributed by atoms with Gasteiger partial charge >= 0.3 is 0 Å². The summed E-state index contributed by atoms with van der Waals surface area (Å²) in [5.74, 6) is -1.13. The van der Waals surface area contributed by atoms with E-state index in [0.29, 0.717) is 5.56 Å². The number of benzene rings is 1. The Morgan fingerprint density at radius 3 is 2.26 bits per heavy atom. The number of carbonyl (C=O) groups is 2. The van der Waals surface area contributed by atoms with Gasteiger partial charge in [0.1, 0.15) is 0 Å². The molecule has 104 valence electrons. The Bertz CT molecular complexity index is 484. The van der Waals surface area contributed by atoms with Crippen molar-refractivity contribution in [2.45, 2.75) is 23.7 Å². The Kier molecular flexibility index (Phi) is 5.47. The number of amides is 2. The van der Waals surface area contributed by atoms with Crippen LogP contribution in [0.4, 0.5) is 5.69 Å². The minimum absolute atomic E-state index is 0.0237. The molecule has 0 fully saturated rings. The maximum Gasteiger partial charge on any atom is 0.276 e. The molecule has 0 atom stereocenters. The molecule has 0 saturated carbocycles. The fourth-order valence-corrected chi connectivity index (χ4v) is 1.46. The number of hydrogen-bond acceptors (Lipinski definition) is 2. The summed E-state index contributed by atoms with van der Waals surface area (Å²) >= 11 is 16.4. The Balaban J connectivity index is 2.97. The molecular weight excluding hydrogens is 311 g/mol. The van der Waals surface area contributed by atoms with Gasteiger partial charge in [-0.3, -0.25) is 9.59 Å². The second-order valence-electron chi connectivity index (χ2n) is 4.13. The zero-order valence-electron chi connectivity index (χ0n) is 10.3. The topological polar surface area (TPSA) is 58.2 Å². The minimum atomic E-state index is -2.08. The molecule has 0 radical (unpaired) electrons. The van der Waals surface area contributed by atoms with Crippen LogP contribution in [0, 0.1) is 0 Å². The number of carbonyl (C=O) groups excluding carboxylic acids is 2. The van der Waals surface area contributed by atoms with Crippen LogP contribution >= 0.6 is 34.8 Å². The number of nitrogens with one attached hydrogen (secondary N) is 2. The van der Waals surface area contributed by atoms with E-state index in [2.05, 4.69) is 10.6 Å². The van der Waals surface area contributed by atoms with Crippen molar-refractivity contribution in [3.8, 4) is 0 Å². The summed E-state index contributed by atoms with van der Waals surface area (Å²) in [6.07, 6.45) is 0. The quantitative estimate of drug-likeness (QED) is 0.840. The molecule has 2 amide bonds. The van der Waals surface area contributed by atoms with Gasteiger partial charge < -0.3 is 10.6 Å². The van der Waals surface area contributed by atoms with Crippen LogP contribution in [-0.4, -0.2) is 21.6 Å². The molecule has 0 bridgehead atoms. The molecule has 1 rings (SSSR count). The van der Waals surface area contributed by atoms with Crippen LogP contribution in [0.2, 0.25) is 0 Å². The SMILES string of the molecule is CC(C)NC(=O)c1ccccc1NC(=O)C(Cl)(Cl)Cl. The van der Waals surface area contributed by atoms with Crippen LogP contribution in [0.25, 0.3) is 0 Å². The molecule has 4 nitrogen and oxygen atoms in total. The van der Waals surface area contributed by atoms with Gasteiger partial charge in [0.25, 0.3) is 15.6 Å². The lowest BCUT2D eigenvalue weighted by molar-refractivity contribution is -0.115. The third-order valence-electron chi connectivity index (χ3n) is 2.10. The van der Waals surface area contributed by atoms with Crippen LogP contribution in [0.5, 0.6) is 0 Å². The van der Waals surface area contributed by atoms with Crippen LogP contribution in [0.3, 0.4) is 0 Å². The maximum absolute atomic E-state index is 11.9. The van der Waals surface area contributed by atoms with Gasteiger partial charge in [0.2, 0.25) is 0 Å². The number of hydrogen-bond donors (Lipinski definition) is 2. The second-order valence-corrected chi connectivity index (χ2v) is 6.41. The third kappa shape index (κ3) is 4.90. The lowest BCUT2D eigenvalue weighted by Crippen LogP contribution is -2.32. The maximum atomic E-state index is 11.9. The first kappa shape index (κ1) is 16.1. The molecule has 0 spiro atoms. The van der Waals surface area contributed by atoms with E-state index in [1.165, 1.54) is 0 Å². The Hall–Kier alpha value is -0.970. The van der Waals surface area contributed by atoms with Gasteiger partial charge in [0, 0.05) is 6.04 Å². The summed E-state index contributed by atoms with van der Waals surface area (Å²) in [5, 5.41) is 5.13. The van der Waals surface area contributed by atoms with Crippen LogP contribution in [0.1, 0.15) is 24.2 Å². The zero-order valence-corrected chi connectivity index (χ0v) is 12.6. The summed E-state index contributed by atoms with van der Waals surface area (Å²) < 4.78 is -2.08. The molecule has 1 aromatic rings. The molecule has 2 N–H and O–H groups in total. The molecule has 0 heterocycles. The largest absolute Gasteiger partial charge is 0.350 e. The predicted molar refractivity (Wildman–Crippen MR) is 78.0 cm³/mol. The van der Waals surface area contributed by atoms with Crippen molar-refractivity contribution in [1.82, 2.24) is 5.32 Å². The number of para-hydroxylation sites is 1. The average molecular weight is 324 g/mol. The van der Waals surface area contributed by atoms with Gasteiger partial charge in [-0.15, -0.1) is 0 Å². The highest BCUT2D eigenvalue weighted by atomic mass is 35.6. The number of halogens is 3. The molecular formula is C12H13Cl3N2O2. The fraction of sp³-hybridized carbons (Fsp3) is 0.333. The molecule has 0 aliphatic rings. The van der Waals surface area contributed by atoms with E-state index < -0.39 is 9.70 Å². The Morgan fingerprint density at radius 2 is 1.74 bits per heavy atom. The standard InChI is InChI=1S/C12H13Cl3N2O2/c1-7(2)16-10(18)8-5-3-4-6-9(8)17-11(19)12(13,14)15/h3-7H,1-2H3,(H,16,18)(H,17,19). The van der Waals surface area contributed by atoms with Crippen molar-refractivity contribution in [3.63, 3.8) is 0 Å². The van der Waals surface area contributed by atoms with Gasteiger partial charge in [0.05, 0.1) is 11.3 Å². The Labute approximate surface area is 126 Å². The summed E-state index contributed by atoms with van der Waals surface area (Å²) in [4.78, 5) is 23.5. The van der Waals surface area contributed by atoms with Crippen molar-refractivity contribution >= 4 is 52.3 Å². The van der Waals surface area contributed by atoms with E-state index in [4.69, 9.17) is 34.8 Å². The molecule has 0 unspecified atom stereocenters. The number of anilines is 1. The van der Waals surface area contributed by atoms with Crippen LogP contribution in [0.15, 0.2) is 24.3 Å². The smallest absolute Gasteiger partial charge is 0.276 e. The third-order valence-corrected chi connectivity index (χ3v) is 2.61. The monoisotopic (exact) mass is 322 g/mol. The van der Waals surface area contributed by atoms with E-state index in [1.54, 1.807) is 24.3 Å². The first-order valence-corrected chi connectivity index (χ1v) is 6.63. The van der Waals surface area contributed by atoms with E-state index in [0.717, 1.165) is 0 Å². The molecule has 0 aliphatic heterocycles. The normalized spacial score (nSPS) is 11.3. The molecule has 7 heteroatoms. The summed E-state index contributed by atoms with van der Waals surface area (Å²) in [6.45, 7) is 3.67. The van der Waals surface area contributed by atoms with Gasteiger partial charge in [-0.25, -0.2) is 0 Å². The van der Waals surface area contributed by atoms with Crippen LogP contribution in [-0.2, 0) is 4.79 Å². The molecule has 1 aromatic carbocycles. The van der Waals surface area contributed by atoms with Gasteiger partial charge in [-0.05, 0) is 26.0 Å². The summed E-state index contributed by atoms with van der Waals surface area (Å²) in [7, 11) is 0. The van der Waals surface area contributed by atoms with Crippen molar-refractivity contribution in [2.75, 3.05) is 5.32 Å². The minimum Gasteiger partial charge on any atom is -0.350 e. The van der Waals surface area contributed by atoms with E-state index >= 15 is 0 Å². The summed E-state index contributed by atoms with van der Waals surface area (Å²) in [5.41, 5.74) is 0.593. The fourth-order valence-electron chi connectivity index (χ4n) is 1.32. The summed E-state index contributed by atoms with van der Waals surface area (Å²) in [6, 6.07) is 6.46. The van der Waals surface area contributed by atoms with Crippen molar-refractivity contribution in [2.24, 2.45) is 0 Å². The van der Waals surface area contributed by atoms with E-state index in [-0.39, 0.29) is 17.6 Å². The number of rotatable bonds is 3. The molecule has 0 aromatic heterocycles. The van der Waals surface area contributed by atoms with Gasteiger partial charge in [0.15, 0.2) is 0 Å². The lowest BCUT2D eigenvalue weighted by Gasteiger charge is -2.15. The first-order valence-electron chi connectivity index (χ1n) is 5.50. The van der Waals surface area contributed by atoms with Crippen LogP contribution < -0.4 is 10.6 Å². The zero-order chi connectivity index (χ0) is 14.6. The van der Waals surface area contributed by atoms with Crippen molar-refractivity contribution in [1.29, 1.82) is 0 Å². The molecule has 0 saturated heterocycles. The van der Waals surface area contributed by atoms with Crippen molar-refractivity contribution < 1.29 is 9.59 Å². The van der Waals surface area contributed by atoms with E-state index in [1.807, 2.05) is 13.8 Å². The highest BCUT2D eigenvalue weighted by Crippen LogP contribution is 2.28. The van der Waals surface area contributed by atoms with Gasteiger partial charge in [-0.2, -0.15) is 0 Å².